The molecule has 1 aromatic heterocycles. The van der Waals surface area contributed by atoms with Crippen molar-refractivity contribution in [3.05, 3.63) is 46.8 Å². The molecule has 2 atom stereocenters. The molecule has 1 saturated carbocycles. The van der Waals surface area contributed by atoms with Crippen LogP contribution in [0, 0.1) is 17.8 Å². The zero-order chi connectivity index (χ0) is 19.7. The van der Waals surface area contributed by atoms with E-state index in [-0.39, 0.29) is 18.2 Å². The van der Waals surface area contributed by atoms with Gasteiger partial charge < -0.3 is 5.11 Å². The normalized spacial score (nSPS) is 22.8. The fraction of sp³-hybridized carbons (Fsp3) is 0.381. The average molecular weight is 417 g/mol. The van der Waals surface area contributed by atoms with Crippen LogP contribution in [0.4, 0.5) is 5.13 Å². The standard InChI is InChI=1S/C21H21ClN2O3S/c22-17-7-2-1-6-15(17)18-12-28-21(23-18)24-10-4-3-5-14(13-8-9-13)16(20(24)27)11-19(25)26/h1-4,6-7,12-14,16H,5,8-11H2,(H,25,26)/t14-,16-/m0/s1. The molecule has 0 spiro atoms. The number of nitrogens with zero attached hydrogens (tertiary/aromatic N) is 2. The number of carboxylic acid groups (broad SMARTS) is 1. The molecule has 1 N–H and O–H groups in total. The molecule has 0 bridgehead atoms. The Labute approximate surface area is 172 Å². The molecule has 0 saturated heterocycles. The summed E-state index contributed by atoms with van der Waals surface area (Å²) in [5, 5.41) is 12.5. The molecule has 0 unspecified atom stereocenters. The second kappa shape index (κ2) is 8.05. The number of allylic oxidation sites excluding steroid dienone is 1. The highest BCUT2D eigenvalue weighted by molar-refractivity contribution is 7.14. The van der Waals surface area contributed by atoms with E-state index in [1.54, 1.807) is 4.90 Å². The number of carboxylic acids is 1. The highest BCUT2D eigenvalue weighted by Gasteiger charge is 2.42. The summed E-state index contributed by atoms with van der Waals surface area (Å²) in [6, 6.07) is 7.46. The molecule has 28 heavy (non-hydrogen) atoms. The number of benzene rings is 1. The van der Waals surface area contributed by atoms with E-state index in [0.717, 1.165) is 30.5 Å². The number of hydrogen-bond acceptors (Lipinski definition) is 4. The molecule has 146 valence electrons. The molecule has 1 aliphatic heterocycles. The maximum atomic E-state index is 13.4. The summed E-state index contributed by atoms with van der Waals surface area (Å²) in [7, 11) is 0. The molecule has 1 fully saturated rings. The summed E-state index contributed by atoms with van der Waals surface area (Å²) in [5.74, 6) is -1.03. The first-order chi connectivity index (χ1) is 13.5. The largest absolute Gasteiger partial charge is 0.481 e. The van der Waals surface area contributed by atoms with E-state index in [9.17, 15) is 14.7 Å². The first-order valence-corrected chi connectivity index (χ1v) is 10.7. The molecule has 1 aliphatic carbocycles. The Kier molecular flexibility index (Phi) is 5.51. The number of rotatable bonds is 5. The van der Waals surface area contributed by atoms with Gasteiger partial charge in [0, 0.05) is 22.5 Å². The van der Waals surface area contributed by atoms with Crippen LogP contribution in [0.2, 0.25) is 5.02 Å². The van der Waals surface area contributed by atoms with E-state index in [1.807, 2.05) is 35.7 Å². The minimum absolute atomic E-state index is 0.0886. The Hall–Kier alpha value is -2.18. The smallest absolute Gasteiger partial charge is 0.304 e. The summed E-state index contributed by atoms with van der Waals surface area (Å²) in [6.45, 7) is 0.405. The zero-order valence-electron chi connectivity index (χ0n) is 15.3. The van der Waals surface area contributed by atoms with Crippen molar-refractivity contribution in [2.45, 2.75) is 25.7 Å². The van der Waals surface area contributed by atoms with Crippen molar-refractivity contribution in [2.24, 2.45) is 17.8 Å². The monoisotopic (exact) mass is 416 g/mol. The highest BCUT2D eigenvalue weighted by Crippen LogP contribution is 2.45. The van der Waals surface area contributed by atoms with E-state index < -0.39 is 11.9 Å². The first kappa shape index (κ1) is 19.2. The quantitative estimate of drug-likeness (QED) is 0.705. The van der Waals surface area contributed by atoms with Gasteiger partial charge in [-0.1, -0.05) is 42.0 Å². The molecule has 2 heterocycles. The van der Waals surface area contributed by atoms with Crippen LogP contribution in [0.3, 0.4) is 0 Å². The van der Waals surface area contributed by atoms with Crippen LogP contribution in [0.1, 0.15) is 25.7 Å². The summed E-state index contributed by atoms with van der Waals surface area (Å²) in [4.78, 5) is 31.1. The van der Waals surface area contributed by atoms with Crippen molar-refractivity contribution in [2.75, 3.05) is 11.4 Å². The lowest BCUT2D eigenvalue weighted by atomic mass is 9.81. The fourth-order valence-electron chi connectivity index (χ4n) is 3.90. The van der Waals surface area contributed by atoms with Gasteiger partial charge in [0.05, 0.1) is 18.0 Å². The maximum absolute atomic E-state index is 13.4. The molecule has 2 aromatic rings. The minimum atomic E-state index is -0.926. The van der Waals surface area contributed by atoms with Gasteiger partial charge in [0.25, 0.3) is 0 Å². The predicted molar refractivity (Wildman–Crippen MR) is 111 cm³/mol. The van der Waals surface area contributed by atoms with Crippen molar-refractivity contribution in [3.8, 4) is 11.3 Å². The van der Waals surface area contributed by atoms with Gasteiger partial charge in [0.2, 0.25) is 5.91 Å². The van der Waals surface area contributed by atoms with Gasteiger partial charge >= 0.3 is 5.97 Å². The maximum Gasteiger partial charge on any atom is 0.304 e. The molecule has 2 aliphatic rings. The van der Waals surface area contributed by atoms with Gasteiger partial charge in [0.1, 0.15) is 0 Å². The lowest BCUT2D eigenvalue weighted by Crippen LogP contribution is -2.42. The Bertz CT molecular complexity index is 922. The molecule has 4 rings (SSSR count). The Morgan fingerprint density at radius 3 is 2.79 bits per heavy atom. The van der Waals surface area contributed by atoms with Crippen molar-refractivity contribution in [1.29, 1.82) is 0 Å². The first-order valence-electron chi connectivity index (χ1n) is 9.43. The lowest BCUT2D eigenvalue weighted by molar-refractivity contribution is -0.141. The van der Waals surface area contributed by atoms with Crippen molar-refractivity contribution < 1.29 is 14.7 Å². The number of aromatic nitrogens is 1. The number of thiazole rings is 1. The van der Waals surface area contributed by atoms with Gasteiger partial charge in [0.15, 0.2) is 5.13 Å². The molecule has 1 amide bonds. The van der Waals surface area contributed by atoms with E-state index in [0.29, 0.717) is 22.6 Å². The van der Waals surface area contributed by atoms with E-state index in [2.05, 4.69) is 11.1 Å². The summed E-state index contributed by atoms with van der Waals surface area (Å²) >= 11 is 7.66. The van der Waals surface area contributed by atoms with Crippen LogP contribution in [0.15, 0.2) is 41.8 Å². The van der Waals surface area contributed by atoms with Gasteiger partial charge in [-0.05, 0) is 37.2 Å². The second-order valence-corrected chi connectivity index (χ2v) is 8.60. The molecule has 5 nitrogen and oxygen atoms in total. The second-order valence-electron chi connectivity index (χ2n) is 7.36. The van der Waals surface area contributed by atoms with E-state index in [4.69, 9.17) is 11.6 Å². The lowest BCUT2D eigenvalue weighted by Gasteiger charge is -2.31. The van der Waals surface area contributed by atoms with E-state index >= 15 is 0 Å². The SMILES string of the molecule is O=C(O)C[C@@H]1C(=O)N(c2nc(-c3ccccc3Cl)cs2)CC=CC[C@H]1C1CC1. The Morgan fingerprint density at radius 2 is 2.07 bits per heavy atom. The highest BCUT2D eigenvalue weighted by atomic mass is 35.5. The van der Waals surface area contributed by atoms with Crippen LogP contribution in [-0.2, 0) is 9.59 Å². The summed E-state index contributed by atoms with van der Waals surface area (Å²) < 4.78 is 0. The fourth-order valence-corrected chi connectivity index (χ4v) is 4.97. The third-order valence-electron chi connectivity index (χ3n) is 5.46. The van der Waals surface area contributed by atoms with Crippen LogP contribution in [-0.4, -0.2) is 28.5 Å². The third-order valence-corrected chi connectivity index (χ3v) is 6.65. The van der Waals surface area contributed by atoms with Gasteiger partial charge in [-0.25, -0.2) is 4.98 Å². The third kappa shape index (κ3) is 3.98. The summed E-state index contributed by atoms with van der Waals surface area (Å²) in [5.41, 5.74) is 1.54. The topological polar surface area (TPSA) is 70.5 Å². The van der Waals surface area contributed by atoms with Gasteiger partial charge in [-0.2, -0.15) is 0 Å². The van der Waals surface area contributed by atoms with Crippen molar-refractivity contribution in [1.82, 2.24) is 4.98 Å². The molecule has 1 aromatic carbocycles. The number of halogens is 1. The summed E-state index contributed by atoms with van der Waals surface area (Å²) in [6.07, 6.45) is 6.87. The number of carbonyl (C=O) groups is 2. The number of aliphatic carboxylic acids is 1. The Balaban J connectivity index is 1.65. The van der Waals surface area contributed by atoms with Crippen LogP contribution in [0.5, 0.6) is 0 Å². The minimum Gasteiger partial charge on any atom is -0.481 e. The average Bonchev–Trinajstić information content (AvgIpc) is 3.39. The molecule has 7 heteroatoms. The van der Waals surface area contributed by atoms with Crippen LogP contribution >= 0.6 is 22.9 Å². The molecule has 0 radical (unpaired) electrons. The predicted octanol–water partition coefficient (Wildman–Crippen LogP) is 4.87. The van der Waals surface area contributed by atoms with Crippen molar-refractivity contribution in [3.63, 3.8) is 0 Å². The number of carbonyl (C=O) groups excluding carboxylic acids is 1. The molecular formula is C21H21ClN2O3S. The number of amides is 1. The van der Waals surface area contributed by atoms with Gasteiger partial charge in [-0.3, -0.25) is 14.5 Å². The van der Waals surface area contributed by atoms with E-state index in [1.165, 1.54) is 11.3 Å². The van der Waals surface area contributed by atoms with Gasteiger partial charge in [-0.15, -0.1) is 11.3 Å². The molecular weight excluding hydrogens is 396 g/mol. The number of anilines is 1. The Morgan fingerprint density at radius 1 is 1.29 bits per heavy atom. The van der Waals surface area contributed by atoms with Crippen LogP contribution in [0.25, 0.3) is 11.3 Å². The van der Waals surface area contributed by atoms with Crippen LogP contribution < -0.4 is 4.90 Å². The van der Waals surface area contributed by atoms with Crippen molar-refractivity contribution >= 4 is 39.9 Å². The number of hydrogen-bond donors (Lipinski definition) is 1. The zero-order valence-corrected chi connectivity index (χ0v) is 16.8.